The minimum absolute atomic E-state index is 0.0628. The van der Waals surface area contributed by atoms with E-state index < -0.39 is 11.7 Å². The maximum Gasteiger partial charge on any atom is 0.416 e. The zero-order valence-electron chi connectivity index (χ0n) is 21.1. The molecule has 194 valence electrons. The van der Waals surface area contributed by atoms with Crippen molar-refractivity contribution in [3.63, 3.8) is 0 Å². The number of hydrogen-bond acceptors (Lipinski definition) is 3. The summed E-state index contributed by atoms with van der Waals surface area (Å²) in [6, 6.07) is 17.8. The average molecular weight is 510 g/mol. The number of nitrogens with one attached hydrogen (secondary N) is 1. The topological polar surface area (TPSA) is 52.7 Å². The molecule has 0 unspecified atom stereocenters. The van der Waals surface area contributed by atoms with Crippen LogP contribution in [0.25, 0.3) is 11.1 Å². The van der Waals surface area contributed by atoms with Crippen LogP contribution in [-0.4, -0.2) is 42.9 Å². The third-order valence-corrected chi connectivity index (χ3v) is 6.68. The molecule has 0 atom stereocenters. The Morgan fingerprint density at radius 1 is 0.865 bits per heavy atom. The highest BCUT2D eigenvalue weighted by atomic mass is 19.4. The minimum atomic E-state index is -4.43. The van der Waals surface area contributed by atoms with Gasteiger partial charge in [-0.15, -0.1) is 0 Å². The predicted octanol–water partition coefficient (Wildman–Crippen LogP) is 6.42. The molecular weight excluding hydrogens is 479 g/mol. The third-order valence-electron chi connectivity index (χ3n) is 6.68. The minimum Gasteiger partial charge on any atom is -0.368 e. The Balaban J connectivity index is 1.56. The Kier molecular flexibility index (Phi) is 7.57. The molecule has 2 amide bonds. The lowest BCUT2D eigenvalue weighted by molar-refractivity contribution is -0.137. The molecule has 4 rings (SSSR count). The number of anilines is 2. The molecule has 3 aromatic rings. The second-order valence-corrected chi connectivity index (χ2v) is 9.49. The quantitative estimate of drug-likeness (QED) is 0.432. The first-order valence-corrected chi connectivity index (χ1v) is 12.3. The van der Waals surface area contributed by atoms with E-state index in [2.05, 4.69) is 10.2 Å². The third kappa shape index (κ3) is 5.96. The van der Waals surface area contributed by atoms with Crippen LogP contribution >= 0.6 is 0 Å². The van der Waals surface area contributed by atoms with Gasteiger partial charge < -0.3 is 15.1 Å². The molecule has 8 heteroatoms. The van der Waals surface area contributed by atoms with E-state index in [4.69, 9.17) is 0 Å². The van der Waals surface area contributed by atoms with E-state index in [1.807, 2.05) is 49.1 Å². The fourth-order valence-electron chi connectivity index (χ4n) is 4.62. The maximum atomic E-state index is 13.4. The van der Waals surface area contributed by atoms with Crippen LogP contribution in [0, 0.1) is 0 Å². The van der Waals surface area contributed by atoms with E-state index in [0.29, 0.717) is 35.5 Å². The Labute approximate surface area is 214 Å². The first-order chi connectivity index (χ1) is 17.5. The Morgan fingerprint density at radius 3 is 2.03 bits per heavy atom. The van der Waals surface area contributed by atoms with Crippen molar-refractivity contribution < 1.29 is 22.8 Å². The van der Waals surface area contributed by atoms with E-state index >= 15 is 0 Å². The second-order valence-electron chi connectivity index (χ2n) is 9.49. The largest absolute Gasteiger partial charge is 0.416 e. The van der Waals surface area contributed by atoms with Gasteiger partial charge in [0.25, 0.3) is 5.91 Å². The molecule has 1 aliphatic heterocycles. The van der Waals surface area contributed by atoms with E-state index in [0.717, 1.165) is 36.5 Å². The number of benzene rings is 3. The number of amides is 2. The number of piperazine rings is 1. The van der Waals surface area contributed by atoms with E-state index in [1.54, 1.807) is 19.1 Å². The first kappa shape index (κ1) is 26.3. The number of alkyl halides is 3. The molecule has 37 heavy (non-hydrogen) atoms. The van der Waals surface area contributed by atoms with Gasteiger partial charge in [-0.3, -0.25) is 9.59 Å². The summed E-state index contributed by atoms with van der Waals surface area (Å²) < 4.78 is 39.3. The average Bonchev–Trinajstić information content (AvgIpc) is 2.88. The predicted molar refractivity (Wildman–Crippen MR) is 140 cm³/mol. The first-order valence-electron chi connectivity index (χ1n) is 12.3. The smallest absolute Gasteiger partial charge is 0.368 e. The van der Waals surface area contributed by atoms with Gasteiger partial charge in [0.1, 0.15) is 0 Å². The molecule has 0 radical (unpaired) electrons. The van der Waals surface area contributed by atoms with Gasteiger partial charge >= 0.3 is 6.18 Å². The van der Waals surface area contributed by atoms with Crippen molar-refractivity contribution in [3.05, 3.63) is 83.4 Å². The fraction of sp³-hybridized carbons (Fsp3) is 0.310. The van der Waals surface area contributed by atoms with Crippen molar-refractivity contribution in [2.75, 3.05) is 36.4 Å². The van der Waals surface area contributed by atoms with Gasteiger partial charge in [0.2, 0.25) is 5.91 Å². The highest BCUT2D eigenvalue weighted by Crippen LogP contribution is 2.36. The van der Waals surface area contributed by atoms with Crippen LogP contribution in [0.15, 0.2) is 66.7 Å². The molecule has 0 saturated carbocycles. The van der Waals surface area contributed by atoms with Crippen LogP contribution in [0.1, 0.15) is 48.2 Å². The summed E-state index contributed by atoms with van der Waals surface area (Å²) in [6.45, 7) is 8.37. The van der Waals surface area contributed by atoms with Crippen LogP contribution < -0.4 is 10.2 Å². The molecule has 0 bridgehead atoms. The van der Waals surface area contributed by atoms with Gasteiger partial charge in [-0.1, -0.05) is 38.1 Å². The molecule has 1 heterocycles. The van der Waals surface area contributed by atoms with E-state index in [-0.39, 0.29) is 17.7 Å². The Morgan fingerprint density at radius 2 is 1.49 bits per heavy atom. The van der Waals surface area contributed by atoms with Crippen molar-refractivity contribution in [2.24, 2.45) is 0 Å². The van der Waals surface area contributed by atoms with Gasteiger partial charge in [-0.25, -0.2) is 0 Å². The molecule has 1 N–H and O–H groups in total. The summed E-state index contributed by atoms with van der Waals surface area (Å²) in [5, 5.41) is 2.93. The SMILES string of the molecule is CC(=O)N1CCN(c2ccc(NC(=O)c3cccc(C(C)C)c3-c3ccc(C(F)(F)F)cc3)cc2)CC1. The lowest BCUT2D eigenvalue weighted by Crippen LogP contribution is -2.48. The molecule has 0 aliphatic carbocycles. The van der Waals surface area contributed by atoms with Crippen LogP contribution in [0.4, 0.5) is 24.5 Å². The summed E-state index contributed by atoms with van der Waals surface area (Å²) in [7, 11) is 0. The number of hydrogen-bond donors (Lipinski definition) is 1. The molecule has 1 aliphatic rings. The molecule has 3 aromatic carbocycles. The zero-order valence-corrected chi connectivity index (χ0v) is 21.1. The van der Waals surface area contributed by atoms with Crippen LogP contribution in [0.5, 0.6) is 0 Å². The van der Waals surface area contributed by atoms with E-state index in [1.165, 1.54) is 12.1 Å². The summed E-state index contributed by atoms with van der Waals surface area (Å²) in [6.07, 6.45) is -4.43. The van der Waals surface area contributed by atoms with Crippen molar-refractivity contribution in [1.82, 2.24) is 4.90 Å². The van der Waals surface area contributed by atoms with Gasteiger partial charge in [0.15, 0.2) is 0 Å². The van der Waals surface area contributed by atoms with Gasteiger partial charge in [0, 0.05) is 50.0 Å². The maximum absolute atomic E-state index is 13.4. The van der Waals surface area contributed by atoms with Crippen molar-refractivity contribution in [2.45, 2.75) is 32.9 Å². The van der Waals surface area contributed by atoms with Crippen LogP contribution in [0.3, 0.4) is 0 Å². The standard InChI is InChI=1S/C29H30F3N3O2/c1-19(2)25-5-4-6-26(27(25)21-7-9-22(10-8-21)29(30,31)32)28(37)33-23-11-13-24(14-12-23)35-17-15-34(16-18-35)20(3)36/h4-14,19H,15-18H2,1-3H3,(H,33,37). The lowest BCUT2D eigenvalue weighted by Gasteiger charge is -2.35. The molecule has 5 nitrogen and oxygen atoms in total. The number of halogens is 3. The van der Waals surface area contributed by atoms with Crippen molar-refractivity contribution in [3.8, 4) is 11.1 Å². The van der Waals surface area contributed by atoms with Gasteiger partial charge in [-0.05, 0) is 65.1 Å². The molecular formula is C29H30F3N3O2. The molecule has 1 fully saturated rings. The van der Waals surface area contributed by atoms with Gasteiger partial charge in [-0.2, -0.15) is 13.2 Å². The van der Waals surface area contributed by atoms with E-state index in [9.17, 15) is 22.8 Å². The zero-order chi connectivity index (χ0) is 26.7. The fourth-order valence-corrected chi connectivity index (χ4v) is 4.62. The molecule has 0 aromatic heterocycles. The van der Waals surface area contributed by atoms with Crippen molar-refractivity contribution >= 4 is 23.2 Å². The number of carbonyl (C=O) groups is 2. The van der Waals surface area contributed by atoms with Crippen molar-refractivity contribution in [1.29, 1.82) is 0 Å². The monoisotopic (exact) mass is 509 g/mol. The highest BCUT2D eigenvalue weighted by Gasteiger charge is 2.30. The Bertz CT molecular complexity index is 1260. The number of rotatable bonds is 5. The summed E-state index contributed by atoms with van der Waals surface area (Å²) in [5.41, 5.74) is 3.36. The van der Waals surface area contributed by atoms with Crippen LogP contribution in [0.2, 0.25) is 0 Å². The number of nitrogens with zero attached hydrogens (tertiary/aromatic N) is 2. The summed E-state index contributed by atoms with van der Waals surface area (Å²) >= 11 is 0. The number of carbonyl (C=O) groups excluding carboxylic acids is 2. The molecule has 0 spiro atoms. The lowest BCUT2D eigenvalue weighted by atomic mass is 9.88. The van der Waals surface area contributed by atoms with Crippen LogP contribution in [-0.2, 0) is 11.0 Å². The summed E-state index contributed by atoms with van der Waals surface area (Å²) in [5.74, 6) is -0.192. The highest BCUT2D eigenvalue weighted by molar-refractivity contribution is 6.09. The normalized spacial score (nSPS) is 14.1. The Hall–Kier alpha value is -3.81. The summed E-state index contributed by atoms with van der Waals surface area (Å²) in [4.78, 5) is 28.9. The van der Waals surface area contributed by atoms with Gasteiger partial charge in [0.05, 0.1) is 5.56 Å². The molecule has 1 saturated heterocycles. The second kappa shape index (κ2) is 10.7.